The number of Topliss-reactive ketones (excluding diaryl/α,β-unsaturated/α-hetero) is 1. The lowest BCUT2D eigenvalue weighted by molar-refractivity contribution is -0.148. The van der Waals surface area contributed by atoms with E-state index in [-0.39, 0.29) is 18.1 Å². The van der Waals surface area contributed by atoms with Gasteiger partial charge in [0.15, 0.2) is 6.29 Å². The van der Waals surface area contributed by atoms with Gasteiger partial charge in [-0.1, -0.05) is 12.2 Å². The average molecular weight is 182 g/mol. The van der Waals surface area contributed by atoms with Crippen molar-refractivity contribution in [1.82, 2.24) is 0 Å². The normalized spacial score (nSPS) is 36.5. The molecule has 72 valence electrons. The first-order valence-corrected chi connectivity index (χ1v) is 4.54. The topological polar surface area (TPSA) is 35.5 Å². The Morgan fingerprint density at radius 3 is 2.46 bits per heavy atom. The number of hydrogen-bond donors (Lipinski definition) is 0. The van der Waals surface area contributed by atoms with E-state index in [1.165, 1.54) is 0 Å². The first-order valence-electron chi connectivity index (χ1n) is 4.54. The summed E-state index contributed by atoms with van der Waals surface area (Å²) in [4.78, 5) is 11.4. The van der Waals surface area contributed by atoms with Crippen LogP contribution in [0.5, 0.6) is 0 Å². The van der Waals surface area contributed by atoms with Gasteiger partial charge < -0.3 is 9.47 Å². The van der Waals surface area contributed by atoms with Gasteiger partial charge in [0.25, 0.3) is 0 Å². The summed E-state index contributed by atoms with van der Waals surface area (Å²) >= 11 is 0. The van der Waals surface area contributed by atoms with E-state index in [0.717, 1.165) is 0 Å². The van der Waals surface area contributed by atoms with Gasteiger partial charge in [-0.25, -0.2) is 0 Å². The highest BCUT2D eigenvalue weighted by Gasteiger charge is 2.48. The van der Waals surface area contributed by atoms with Crippen molar-refractivity contribution in [3.63, 3.8) is 0 Å². The lowest BCUT2D eigenvalue weighted by Crippen LogP contribution is -2.29. The molecule has 13 heavy (non-hydrogen) atoms. The molecule has 2 bridgehead atoms. The highest BCUT2D eigenvalue weighted by molar-refractivity contribution is 5.87. The minimum absolute atomic E-state index is 0.0369. The Balaban J connectivity index is 2.15. The Morgan fingerprint density at radius 2 is 2.08 bits per heavy atom. The summed E-state index contributed by atoms with van der Waals surface area (Å²) in [6, 6.07) is 0. The largest absolute Gasteiger partial charge is 0.356 e. The molecule has 0 spiro atoms. The predicted molar refractivity (Wildman–Crippen MR) is 47.0 cm³/mol. The van der Waals surface area contributed by atoms with Crippen molar-refractivity contribution in [2.75, 3.05) is 14.2 Å². The van der Waals surface area contributed by atoms with Crippen LogP contribution >= 0.6 is 0 Å². The fourth-order valence-electron chi connectivity index (χ4n) is 2.46. The molecule has 2 aliphatic carbocycles. The van der Waals surface area contributed by atoms with Gasteiger partial charge in [0.2, 0.25) is 0 Å². The standard InChI is InChI=1S/C10H14O3/c1-12-10(13-2)9-6-3-4-7(9)8(11)5-6/h3-4,6-7,9-10H,5H2,1-2H3/t6-,7-,9+/m0/s1. The second-order valence-corrected chi connectivity index (χ2v) is 3.66. The molecular formula is C10H14O3. The van der Waals surface area contributed by atoms with Gasteiger partial charge in [-0.15, -0.1) is 0 Å². The van der Waals surface area contributed by atoms with Gasteiger partial charge in [0, 0.05) is 32.5 Å². The highest BCUT2D eigenvalue weighted by Crippen LogP contribution is 2.44. The minimum atomic E-state index is -0.239. The quantitative estimate of drug-likeness (QED) is 0.482. The zero-order chi connectivity index (χ0) is 9.42. The summed E-state index contributed by atoms with van der Waals surface area (Å²) in [6.45, 7) is 0. The van der Waals surface area contributed by atoms with Gasteiger partial charge in [-0.05, 0) is 5.92 Å². The van der Waals surface area contributed by atoms with Gasteiger partial charge >= 0.3 is 0 Å². The second-order valence-electron chi connectivity index (χ2n) is 3.66. The predicted octanol–water partition coefficient (Wildman–Crippen LogP) is 0.997. The third kappa shape index (κ3) is 1.23. The number of hydrogen-bond acceptors (Lipinski definition) is 3. The van der Waals surface area contributed by atoms with Crippen LogP contribution in [-0.2, 0) is 14.3 Å². The number of fused-ring (bicyclic) bond motifs is 2. The maximum Gasteiger partial charge on any atom is 0.161 e. The van der Waals surface area contributed by atoms with Crippen molar-refractivity contribution >= 4 is 5.78 Å². The van der Waals surface area contributed by atoms with Crippen molar-refractivity contribution < 1.29 is 14.3 Å². The molecule has 0 amide bonds. The zero-order valence-corrected chi connectivity index (χ0v) is 7.90. The van der Waals surface area contributed by atoms with Crippen molar-refractivity contribution in [2.24, 2.45) is 17.8 Å². The number of carbonyl (C=O) groups is 1. The Kier molecular flexibility index (Phi) is 2.22. The third-order valence-electron chi connectivity index (χ3n) is 3.06. The lowest BCUT2D eigenvalue weighted by Gasteiger charge is -2.23. The van der Waals surface area contributed by atoms with E-state index in [2.05, 4.69) is 6.08 Å². The fraction of sp³-hybridized carbons (Fsp3) is 0.700. The van der Waals surface area contributed by atoms with Crippen LogP contribution in [0.2, 0.25) is 0 Å². The Labute approximate surface area is 77.7 Å². The van der Waals surface area contributed by atoms with E-state index >= 15 is 0 Å². The zero-order valence-electron chi connectivity index (χ0n) is 7.90. The number of ketones is 1. The van der Waals surface area contributed by atoms with Crippen LogP contribution in [0.3, 0.4) is 0 Å². The van der Waals surface area contributed by atoms with Crippen molar-refractivity contribution in [2.45, 2.75) is 12.7 Å². The van der Waals surface area contributed by atoms with Gasteiger partial charge in [-0.3, -0.25) is 4.79 Å². The molecule has 0 unspecified atom stereocenters. The molecule has 0 saturated heterocycles. The molecule has 0 aliphatic heterocycles. The fourth-order valence-corrected chi connectivity index (χ4v) is 2.46. The smallest absolute Gasteiger partial charge is 0.161 e. The van der Waals surface area contributed by atoms with E-state index < -0.39 is 0 Å². The van der Waals surface area contributed by atoms with Crippen LogP contribution in [0, 0.1) is 17.8 Å². The van der Waals surface area contributed by atoms with Crippen LogP contribution in [0.25, 0.3) is 0 Å². The van der Waals surface area contributed by atoms with E-state index in [0.29, 0.717) is 18.1 Å². The van der Waals surface area contributed by atoms with Crippen LogP contribution in [0.4, 0.5) is 0 Å². The van der Waals surface area contributed by atoms with Crippen LogP contribution in [0.1, 0.15) is 6.42 Å². The van der Waals surface area contributed by atoms with Gasteiger partial charge in [0.1, 0.15) is 5.78 Å². The molecule has 3 heteroatoms. The van der Waals surface area contributed by atoms with Crippen LogP contribution in [0.15, 0.2) is 12.2 Å². The number of ether oxygens (including phenoxy) is 2. The summed E-state index contributed by atoms with van der Waals surface area (Å²) in [5.74, 6) is 0.913. The molecule has 1 saturated carbocycles. The van der Waals surface area contributed by atoms with E-state index in [9.17, 15) is 4.79 Å². The number of methoxy groups -OCH3 is 2. The number of carbonyl (C=O) groups excluding carboxylic acids is 1. The maximum absolute atomic E-state index is 11.4. The Hall–Kier alpha value is -0.670. The summed E-state index contributed by atoms with van der Waals surface area (Å²) in [7, 11) is 3.24. The van der Waals surface area contributed by atoms with Crippen molar-refractivity contribution in [3.8, 4) is 0 Å². The monoisotopic (exact) mass is 182 g/mol. The molecule has 0 aromatic rings. The lowest BCUT2D eigenvalue weighted by atomic mass is 9.96. The first kappa shape index (κ1) is 8.91. The molecule has 2 aliphatic rings. The maximum atomic E-state index is 11.4. The molecule has 0 N–H and O–H groups in total. The molecule has 3 nitrogen and oxygen atoms in total. The van der Waals surface area contributed by atoms with E-state index in [4.69, 9.17) is 9.47 Å². The molecule has 0 heterocycles. The second kappa shape index (κ2) is 3.24. The summed E-state index contributed by atoms with van der Waals surface area (Å²) < 4.78 is 10.4. The first-order chi connectivity index (χ1) is 6.27. The minimum Gasteiger partial charge on any atom is -0.356 e. The highest BCUT2D eigenvalue weighted by atomic mass is 16.7. The molecule has 0 aromatic carbocycles. The van der Waals surface area contributed by atoms with E-state index in [1.807, 2.05) is 6.08 Å². The van der Waals surface area contributed by atoms with E-state index in [1.54, 1.807) is 14.2 Å². The van der Waals surface area contributed by atoms with Crippen LogP contribution in [-0.4, -0.2) is 26.3 Å². The van der Waals surface area contributed by atoms with Gasteiger partial charge in [-0.2, -0.15) is 0 Å². The molecule has 3 atom stereocenters. The third-order valence-corrected chi connectivity index (χ3v) is 3.06. The Bertz CT molecular complexity index is 243. The molecular weight excluding hydrogens is 168 g/mol. The van der Waals surface area contributed by atoms with Crippen LogP contribution < -0.4 is 0 Å². The summed E-state index contributed by atoms with van der Waals surface area (Å²) in [6.07, 6.45) is 4.53. The van der Waals surface area contributed by atoms with Crippen molar-refractivity contribution in [1.29, 1.82) is 0 Å². The van der Waals surface area contributed by atoms with Gasteiger partial charge in [0.05, 0.1) is 0 Å². The molecule has 1 fully saturated rings. The summed E-state index contributed by atoms with van der Waals surface area (Å²) in [5, 5.41) is 0. The SMILES string of the molecule is COC(OC)[C@@H]1[C@H]2C=C[C@H]1C(=O)C2. The number of rotatable bonds is 3. The molecule has 0 aromatic heterocycles. The Morgan fingerprint density at radius 1 is 1.38 bits per heavy atom. The average Bonchev–Trinajstić information content (AvgIpc) is 2.64. The van der Waals surface area contributed by atoms with Crippen molar-refractivity contribution in [3.05, 3.63) is 12.2 Å². The molecule has 2 rings (SSSR count). The number of allylic oxidation sites excluding steroid dienone is 2. The summed E-state index contributed by atoms with van der Waals surface area (Å²) in [5.41, 5.74) is 0. The molecule has 0 radical (unpaired) electrons.